The van der Waals surface area contributed by atoms with Gasteiger partial charge in [-0.1, -0.05) is 37.7 Å². The van der Waals surface area contributed by atoms with Crippen molar-refractivity contribution in [1.29, 1.82) is 0 Å². The van der Waals surface area contributed by atoms with Gasteiger partial charge < -0.3 is 10.2 Å². The largest absolute Gasteiger partial charge is 0.342 e. The zero-order valence-corrected chi connectivity index (χ0v) is 20.6. The van der Waals surface area contributed by atoms with Crippen LogP contribution in [-0.2, 0) is 9.59 Å². The summed E-state index contributed by atoms with van der Waals surface area (Å²) in [6.07, 6.45) is 4.65. The number of carbonyl (C=O) groups excluding carboxylic acids is 2. The number of nitrogens with zero attached hydrogens (tertiary/aromatic N) is 5. The van der Waals surface area contributed by atoms with Gasteiger partial charge in [0.05, 0.1) is 5.75 Å². The van der Waals surface area contributed by atoms with E-state index in [0.717, 1.165) is 11.3 Å². The molecule has 3 heterocycles. The van der Waals surface area contributed by atoms with Crippen LogP contribution in [0.15, 0.2) is 54.1 Å². The number of benzene rings is 1. The van der Waals surface area contributed by atoms with Crippen LogP contribution in [0.5, 0.6) is 0 Å². The Morgan fingerprint density at radius 3 is 2.56 bits per heavy atom. The van der Waals surface area contributed by atoms with Crippen LogP contribution in [0.4, 0.5) is 5.82 Å². The lowest BCUT2D eigenvalue weighted by molar-refractivity contribution is -0.132. The Hall–Kier alpha value is -3.20. The van der Waals surface area contributed by atoms with Crippen molar-refractivity contribution < 1.29 is 9.59 Å². The lowest BCUT2D eigenvalue weighted by Gasteiger charge is -2.31. The van der Waals surface area contributed by atoms with Gasteiger partial charge in [-0.2, -0.15) is 0 Å². The molecule has 1 aliphatic heterocycles. The first-order valence-corrected chi connectivity index (χ1v) is 12.5. The first kappa shape index (κ1) is 23.9. The van der Waals surface area contributed by atoms with E-state index in [4.69, 9.17) is 0 Å². The number of aromatic nitrogens is 4. The number of carbonyl (C=O) groups is 2. The van der Waals surface area contributed by atoms with Gasteiger partial charge in [0.1, 0.15) is 12.1 Å². The maximum absolute atomic E-state index is 12.8. The fourth-order valence-corrected chi connectivity index (χ4v) is 4.79. The third-order valence-corrected chi connectivity index (χ3v) is 6.99. The number of hydrogen-bond acceptors (Lipinski definition) is 6. The van der Waals surface area contributed by atoms with Crippen LogP contribution < -0.4 is 5.32 Å². The molecule has 8 nitrogen and oxygen atoms in total. The molecule has 1 saturated heterocycles. The van der Waals surface area contributed by atoms with Gasteiger partial charge in [0.25, 0.3) is 0 Å². The highest BCUT2D eigenvalue weighted by molar-refractivity contribution is 7.99. The highest BCUT2D eigenvalue weighted by Gasteiger charge is 2.27. The average molecular weight is 479 g/mol. The molecular weight excluding hydrogens is 448 g/mol. The van der Waals surface area contributed by atoms with E-state index >= 15 is 0 Å². The normalized spacial score (nSPS) is 14.4. The number of hydrogen-bond donors (Lipinski definition) is 1. The summed E-state index contributed by atoms with van der Waals surface area (Å²) in [5.41, 5.74) is 3.29. The monoisotopic (exact) mass is 478 g/mol. The van der Waals surface area contributed by atoms with Gasteiger partial charge in [0, 0.05) is 30.9 Å². The zero-order chi connectivity index (χ0) is 24.1. The van der Waals surface area contributed by atoms with Gasteiger partial charge in [-0.3, -0.25) is 14.2 Å². The Bertz CT molecular complexity index is 1140. The van der Waals surface area contributed by atoms with Gasteiger partial charge in [0.2, 0.25) is 11.8 Å². The summed E-state index contributed by atoms with van der Waals surface area (Å²) in [5, 5.41) is 11.8. The maximum atomic E-state index is 12.8. The summed E-state index contributed by atoms with van der Waals surface area (Å²) in [4.78, 5) is 31.4. The summed E-state index contributed by atoms with van der Waals surface area (Å²) >= 11 is 1.38. The van der Waals surface area contributed by atoms with Crippen molar-refractivity contribution in [2.24, 2.45) is 5.92 Å². The second-order valence-corrected chi connectivity index (χ2v) is 9.82. The minimum atomic E-state index is -0.115. The molecular formula is C25H30N6O2S. The van der Waals surface area contributed by atoms with Crippen LogP contribution in [0.3, 0.4) is 0 Å². The molecule has 0 aliphatic carbocycles. The fraction of sp³-hybridized carbons (Fsp3) is 0.400. The SMILES string of the molecule is Cc1ccnc(NC(=O)C2CCN(C(=O)CSc3nncn3-c3ccc(C(C)C)cc3)CC2)c1. The highest BCUT2D eigenvalue weighted by Crippen LogP contribution is 2.24. The predicted octanol–water partition coefficient (Wildman–Crippen LogP) is 4.06. The van der Waals surface area contributed by atoms with E-state index in [-0.39, 0.29) is 23.5 Å². The maximum Gasteiger partial charge on any atom is 0.233 e. The third-order valence-electron chi connectivity index (χ3n) is 6.06. The van der Waals surface area contributed by atoms with Crippen LogP contribution in [0, 0.1) is 12.8 Å². The number of nitrogens with one attached hydrogen (secondary N) is 1. The quantitative estimate of drug-likeness (QED) is 0.515. The minimum Gasteiger partial charge on any atom is -0.342 e. The smallest absolute Gasteiger partial charge is 0.233 e. The molecule has 0 saturated carbocycles. The van der Waals surface area contributed by atoms with Gasteiger partial charge in [-0.25, -0.2) is 4.98 Å². The number of rotatable bonds is 7. The predicted molar refractivity (Wildman–Crippen MR) is 133 cm³/mol. The fourth-order valence-electron chi connectivity index (χ4n) is 3.96. The minimum absolute atomic E-state index is 0.0313. The number of pyridine rings is 1. The zero-order valence-electron chi connectivity index (χ0n) is 19.8. The van der Waals surface area contributed by atoms with Crippen molar-refractivity contribution in [2.45, 2.75) is 44.7 Å². The van der Waals surface area contributed by atoms with Crippen LogP contribution in [-0.4, -0.2) is 55.3 Å². The molecule has 1 fully saturated rings. The number of amides is 2. The lowest BCUT2D eigenvalue weighted by atomic mass is 9.96. The Morgan fingerprint density at radius 1 is 1.15 bits per heavy atom. The van der Waals surface area contributed by atoms with E-state index in [0.29, 0.717) is 42.8 Å². The molecule has 0 bridgehead atoms. The van der Waals surface area contributed by atoms with E-state index in [1.54, 1.807) is 12.5 Å². The molecule has 2 aromatic heterocycles. The number of anilines is 1. The van der Waals surface area contributed by atoms with E-state index in [1.165, 1.54) is 17.3 Å². The van der Waals surface area contributed by atoms with Crippen molar-refractivity contribution >= 4 is 29.4 Å². The number of likely N-dealkylation sites (tertiary alicyclic amines) is 1. The second-order valence-electron chi connectivity index (χ2n) is 8.88. The van der Waals surface area contributed by atoms with Crippen LogP contribution >= 0.6 is 11.8 Å². The van der Waals surface area contributed by atoms with Gasteiger partial charge in [-0.05, 0) is 61.1 Å². The van der Waals surface area contributed by atoms with Gasteiger partial charge in [-0.15, -0.1) is 10.2 Å². The van der Waals surface area contributed by atoms with Crippen molar-refractivity contribution in [3.05, 3.63) is 60.0 Å². The Kier molecular flexibility index (Phi) is 7.62. The number of thioether (sulfide) groups is 1. The molecule has 1 aromatic carbocycles. The average Bonchev–Trinajstić information content (AvgIpc) is 3.31. The van der Waals surface area contributed by atoms with E-state index in [2.05, 4.69) is 46.5 Å². The molecule has 0 unspecified atom stereocenters. The molecule has 4 rings (SSSR count). The first-order valence-electron chi connectivity index (χ1n) is 11.5. The Balaban J connectivity index is 1.27. The molecule has 34 heavy (non-hydrogen) atoms. The summed E-state index contributed by atoms with van der Waals surface area (Å²) < 4.78 is 1.90. The van der Waals surface area contributed by atoms with Crippen molar-refractivity contribution in [1.82, 2.24) is 24.6 Å². The third kappa shape index (κ3) is 5.83. The Labute approximate surface area is 204 Å². The second kappa shape index (κ2) is 10.8. The molecule has 178 valence electrons. The van der Waals surface area contributed by atoms with Crippen molar-refractivity contribution in [2.75, 3.05) is 24.2 Å². The molecule has 0 spiro atoms. The van der Waals surface area contributed by atoms with Crippen LogP contribution in [0.25, 0.3) is 5.69 Å². The van der Waals surface area contributed by atoms with E-state index in [1.807, 2.05) is 40.7 Å². The number of aryl methyl sites for hydroxylation is 1. The summed E-state index contributed by atoms with van der Waals surface area (Å²) in [5.74, 6) is 1.23. The van der Waals surface area contributed by atoms with Crippen LogP contribution in [0.2, 0.25) is 0 Å². The summed E-state index contributed by atoms with van der Waals surface area (Å²) in [6, 6.07) is 12.1. The molecule has 2 amide bonds. The topological polar surface area (TPSA) is 93.0 Å². The molecule has 1 N–H and O–H groups in total. The van der Waals surface area contributed by atoms with Crippen molar-refractivity contribution in [3.8, 4) is 5.69 Å². The lowest BCUT2D eigenvalue weighted by Crippen LogP contribution is -2.42. The first-order chi connectivity index (χ1) is 16.4. The molecule has 1 aliphatic rings. The standard InChI is InChI=1S/C25H30N6O2S/c1-17(2)19-4-6-21(7-5-19)31-16-27-29-25(31)34-15-23(32)30-12-9-20(10-13-30)24(33)28-22-14-18(3)8-11-26-22/h4-8,11,14,16-17,20H,9-10,12-13,15H2,1-3H3,(H,26,28,33). The summed E-state index contributed by atoms with van der Waals surface area (Å²) in [6.45, 7) is 7.43. The molecule has 3 aromatic rings. The van der Waals surface area contributed by atoms with Gasteiger partial charge in [0.15, 0.2) is 5.16 Å². The van der Waals surface area contributed by atoms with E-state index in [9.17, 15) is 9.59 Å². The molecule has 0 atom stereocenters. The number of piperidine rings is 1. The van der Waals surface area contributed by atoms with Gasteiger partial charge >= 0.3 is 0 Å². The van der Waals surface area contributed by atoms with E-state index < -0.39 is 0 Å². The molecule has 0 radical (unpaired) electrons. The molecule has 9 heteroatoms. The van der Waals surface area contributed by atoms with Crippen molar-refractivity contribution in [3.63, 3.8) is 0 Å². The Morgan fingerprint density at radius 2 is 1.88 bits per heavy atom. The van der Waals surface area contributed by atoms with Crippen LogP contribution in [0.1, 0.15) is 43.7 Å². The summed E-state index contributed by atoms with van der Waals surface area (Å²) in [7, 11) is 0. The highest BCUT2D eigenvalue weighted by atomic mass is 32.2.